The summed E-state index contributed by atoms with van der Waals surface area (Å²) in [6.45, 7) is 3.56. The van der Waals surface area contributed by atoms with Gasteiger partial charge in [-0.2, -0.15) is 0 Å². The normalized spacial score (nSPS) is 8.46. The molecule has 0 aliphatic carbocycles. The predicted octanol–water partition coefficient (Wildman–Crippen LogP) is 1.92. The zero-order valence-corrected chi connectivity index (χ0v) is 7.63. The van der Waals surface area contributed by atoms with Gasteiger partial charge in [0.1, 0.15) is 5.75 Å². The van der Waals surface area contributed by atoms with Crippen molar-refractivity contribution in [3.8, 4) is 17.6 Å². The second-order valence-electron chi connectivity index (χ2n) is 2.58. The van der Waals surface area contributed by atoms with Crippen molar-refractivity contribution in [3.63, 3.8) is 0 Å². The van der Waals surface area contributed by atoms with E-state index in [1.165, 1.54) is 0 Å². The standard InChI is InChI=1S/C11H10O2/c1-3-4-11(12)13-10-7-5-9(2)6-8-10/h5-8H,1-2H3. The highest BCUT2D eigenvalue weighted by Gasteiger charge is 1.98. The summed E-state index contributed by atoms with van der Waals surface area (Å²) in [5.41, 5.74) is 1.13. The molecule has 0 bridgehead atoms. The first-order chi connectivity index (χ1) is 6.22. The van der Waals surface area contributed by atoms with E-state index in [2.05, 4.69) is 11.8 Å². The first kappa shape index (κ1) is 9.34. The molecule has 0 N–H and O–H groups in total. The molecule has 1 aromatic rings. The van der Waals surface area contributed by atoms with Crippen molar-refractivity contribution in [1.82, 2.24) is 0 Å². The van der Waals surface area contributed by atoms with Gasteiger partial charge in [-0.25, -0.2) is 4.79 Å². The third-order valence-corrected chi connectivity index (χ3v) is 1.46. The lowest BCUT2D eigenvalue weighted by atomic mass is 10.2. The van der Waals surface area contributed by atoms with E-state index in [-0.39, 0.29) is 0 Å². The van der Waals surface area contributed by atoms with Crippen LogP contribution in [0.2, 0.25) is 0 Å². The fraction of sp³-hybridized carbons (Fsp3) is 0.182. The van der Waals surface area contributed by atoms with Crippen LogP contribution in [0.25, 0.3) is 0 Å². The van der Waals surface area contributed by atoms with Gasteiger partial charge in [0.25, 0.3) is 0 Å². The van der Waals surface area contributed by atoms with Crippen LogP contribution in [0.3, 0.4) is 0 Å². The molecule has 0 saturated carbocycles. The minimum atomic E-state index is -0.522. The van der Waals surface area contributed by atoms with Crippen molar-refractivity contribution < 1.29 is 9.53 Å². The van der Waals surface area contributed by atoms with E-state index >= 15 is 0 Å². The van der Waals surface area contributed by atoms with Gasteiger partial charge in [-0.15, -0.1) is 0 Å². The fourth-order valence-electron chi connectivity index (χ4n) is 0.841. The van der Waals surface area contributed by atoms with Gasteiger partial charge in [-0.05, 0) is 26.0 Å². The number of benzene rings is 1. The summed E-state index contributed by atoms with van der Waals surface area (Å²) in [5, 5.41) is 0. The molecule has 2 nitrogen and oxygen atoms in total. The molecule has 0 heterocycles. The van der Waals surface area contributed by atoms with Gasteiger partial charge >= 0.3 is 5.97 Å². The number of carbonyl (C=O) groups is 1. The highest BCUT2D eigenvalue weighted by atomic mass is 16.5. The fourth-order valence-corrected chi connectivity index (χ4v) is 0.841. The molecule has 1 rings (SSSR count). The highest BCUT2D eigenvalue weighted by Crippen LogP contribution is 2.10. The van der Waals surface area contributed by atoms with Crippen molar-refractivity contribution in [2.45, 2.75) is 13.8 Å². The second kappa shape index (κ2) is 4.32. The molecule has 0 aliphatic rings. The maximum absolute atomic E-state index is 10.9. The summed E-state index contributed by atoms with van der Waals surface area (Å²) in [5.74, 6) is 4.78. The molecule has 0 unspecified atom stereocenters. The summed E-state index contributed by atoms with van der Waals surface area (Å²) in [6.07, 6.45) is 0. The zero-order valence-electron chi connectivity index (χ0n) is 7.63. The van der Waals surface area contributed by atoms with Crippen molar-refractivity contribution in [2.75, 3.05) is 0 Å². The Labute approximate surface area is 77.5 Å². The van der Waals surface area contributed by atoms with Gasteiger partial charge in [-0.3, -0.25) is 0 Å². The van der Waals surface area contributed by atoms with E-state index in [9.17, 15) is 4.79 Å². The molecule has 0 atom stereocenters. The lowest BCUT2D eigenvalue weighted by Crippen LogP contribution is -2.03. The van der Waals surface area contributed by atoms with Crippen LogP contribution in [0, 0.1) is 18.8 Å². The minimum absolute atomic E-state index is 0.522. The Balaban J connectivity index is 2.68. The number of rotatable bonds is 1. The van der Waals surface area contributed by atoms with E-state index in [4.69, 9.17) is 4.74 Å². The van der Waals surface area contributed by atoms with Crippen molar-refractivity contribution in [1.29, 1.82) is 0 Å². The summed E-state index contributed by atoms with van der Waals surface area (Å²) in [7, 11) is 0. The molecule has 0 spiro atoms. The molecule has 66 valence electrons. The number of hydrogen-bond acceptors (Lipinski definition) is 2. The topological polar surface area (TPSA) is 26.3 Å². The van der Waals surface area contributed by atoms with E-state index in [1.54, 1.807) is 19.1 Å². The van der Waals surface area contributed by atoms with Crippen LogP contribution in [-0.2, 0) is 4.79 Å². The molecule has 2 heteroatoms. The Hall–Kier alpha value is -1.75. The molecule has 0 amide bonds. The molecule has 13 heavy (non-hydrogen) atoms. The summed E-state index contributed by atoms with van der Waals surface area (Å²) in [6, 6.07) is 7.24. The number of hydrogen-bond donors (Lipinski definition) is 0. The van der Waals surface area contributed by atoms with Crippen LogP contribution in [0.15, 0.2) is 24.3 Å². The Morgan fingerprint density at radius 3 is 2.46 bits per heavy atom. The lowest BCUT2D eigenvalue weighted by Gasteiger charge is -1.99. The lowest BCUT2D eigenvalue weighted by molar-refractivity contribution is -0.128. The molecular weight excluding hydrogens is 164 g/mol. The molecule has 0 radical (unpaired) electrons. The average molecular weight is 174 g/mol. The second-order valence-corrected chi connectivity index (χ2v) is 2.58. The number of aryl methyl sites for hydroxylation is 1. The van der Waals surface area contributed by atoms with E-state index in [1.807, 2.05) is 19.1 Å². The molecule has 0 fully saturated rings. The van der Waals surface area contributed by atoms with Gasteiger partial charge in [0.05, 0.1) is 0 Å². The Kier molecular flexibility index (Phi) is 3.10. The molecule has 0 aliphatic heterocycles. The van der Waals surface area contributed by atoms with Gasteiger partial charge < -0.3 is 4.74 Å². The third-order valence-electron chi connectivity index (χ3n) is 1.46. The van der Waals surface area contributed by atoms with E-state index in [0.717, 1.165) is 5.56 Å². The molecule has 0 aromatic heterocycles. The SMILES string of the molecule is CC#CC(=O)Oc1ccc(C)cc1. The van der Waals surface area contributed by atoms with E-state index in [0.29, 0.717) is 5.75 Å². The number of esters is 1. The highest BCUT2D eigenvalue weighted by molar-refractivity contribution is 5.90. The van der Waals surface area contributed by atoms with Crippen molar-refractivity contribution >= 4 is 5.97 Å². The Bertz CT molecular complexity index is 352. The van der Waals surface area contributed by atoms with Crippen LogP contribution in [0.4, 0.5) is 0 Å². The monoisotopic (exact) mass is 174 g/mol. The average Bonchev–Trinajstić information content (AvgIpc) is 2.09. The van der Waals surface area contributed by atoms with Crippen LogP contribution in [0.1, 0.15) is 12.5 Å². The van der Waals surface area contributed by atoms with Crippen LogP contribution < -0.4 is 4.74 Å². The molecular formula is C11H10O2. The van der Waals surface area contributed by atoms with Gasteiger partial charge in [0.15, 0.2) is 0 Å². The summed E-state index contributed by atoms with van der Waals surface area (Å²) < 4.78 is 4.90. The largest absolute Gasteiger partial charge is 0.417 e. The van der Waals surface area contributed by atoms with Gasteiger partial charge in [-0.1, -0.05) is 23.6 Å². The molecule has 0 saturated heterocycles. The van der Waals surface area contributed by atoms with Gasteiger partial charge in [0.2, 0.25) is 0 Å². The molecule has 1 aromatic carbocycles. The first-order valence-electron chi connectivity index (χ1n) is 3.93. The number of carbonyl (C=O) groups excluding carboxylic acids is 1. The summed E-state index contributed by atoms with van der Waals surface area (Å²) in [4.78, 5) is 10.9. The maximum Gasteiger partial charge on any atom is 0.389 e. The third kappa shape index (κ3) is 3.00. The minimum Gasteiger partial charge on any atom is -0.417 e. The van der Waals surface area contributed by atoms with Crippen LogP contribution in [-0.4, -0.2) is 5.97 Å². The Morgan fingerprint density at radius 2 is 1.92 bits per heavy atom. The predicted molar refractivity (Wildman–Crippen MR) is 50.3 cm³/mol. The Morgan fingerprint density at radius 1 is 1.31 bits per heavy atom. The van der Waals surface area contributed by atoms with Gasteiger partial charge in [0, 0.05) is 5.92 Å². The first-order valence-corrected chi connectivity index (χ1v) is 3.93. The zero-order chi connectivity index (χ0) is 9.68. The smallest absolute Gasteiger partial charge is 0.389 e. The maximum atomic E-state index is 10.9. The van der Waals surface area contributed by atoms with Crippen molar-refractivity contribution in [3.05, 3.63) is 29.8 Å². The van der Waals surface area contributed by atoms with E-state index < -0.39 is 5.97 Å². The quantitative estimate of drug-likeness (QED) is 0.281. The summed E-state index contributed by atoms with van der Waals surface area (Å²) >= 11 is 0. The number of ether oxygens (including phenoxy) is 1. The van der Waals surface area contributed by atoms with Crippen LogP contribution >= 0.6 is 0 Å². The van der Waals surface area contributed by atoms with Crippen molar-refractivity contribution in [2.24, 2.45) is 0 Å². The van der Waals surface area contributed by atoms with Crippen LogP contribution in [0.5, 0.6) is 5.75 Å².